The summed E-state index contributed by atoms with van der Waals surface area (Å²) in [6, 6.07) is 7.14. The molecule has 1 aromatic carbocycles. The lowest BCUT2D eigenvalue weighted by Gasteiger charge is -2.53. The van der Waals surface area contributed by atoms with E-state index in [1.165, 1.54) is 13.8 Å². The van der Waals surface area contributed by atoms with Gasteiger partial charge in [0.05, 0.1) is 0 Å². The zero-order valence-electron chi connectivity index (χ0n) is 24.9. The van der Waals surface area contributed by atoms with Gasteiger partial charge in [-0.15, -0.1) is 0 Å². The van der Waals surface area contributed by atoms with Crippen LogP contribution in [0.4, 0.5) is 22.0 Å². The van der Waals surface area contributed by atoms with Gasteiger partial charge in [-0.25, -0.2) is 0 Å². The zero-order chi connectivity index (χ0) is 31.8. The van der Waals surface area contributed by atoms with Gasteiger partial charge in [0.25, 0.3) is 5.91 Å². The van der Waals surface area contributed by atoms with Gasteiger partial charge < -0.3 is 14.9 Å². The van der Waals surface area contributed by atoms with Crippen LogP contribution in [0, 0.1) is 17.3 Å². The summed E-state index contributed by atoms with van der Waals surface area (Å²) in [5.74, 6) is -6.54. The highest BCUT2D eigenvalue weighted by atomic mass is 19.4. The smallest absolute Gasteiger partial charge is 0.383 e. The first-order chi connectivity index (χ1) is 20.6. The average Bonchev–Trinajstić information content (AvgIpc) is 3.27. The summed E-state index contributed by atoms with van der Waals surface area (Å²) in [7, 11) is 0. The molecule has 4 aliphatic carbocycles. The number of allylic oxidation sites excluding steroid dienone is 4. The molecule has 44 heavy (non-hydrogen) atoms. The van der Waals surface area contributed by atoms with E-state index in [1.54, 1.807) is 28.0 Å². The molecule has 238 valence electrons. The second kappa shape index (κ2) is 10.5. The number of ketones is 1. The Morgan fingerprint density at radius 2 is 1.57 bits per heavy atom. The number of piperazine rings is 1. The molecule has 5 aliphatic rings. The maximum Gasteiger partial charge on any atom is 0.456 e. The third kappa shape index (κ3) is 4.55. The number of alkyl halides is 5. The van der Waals surface area contributed by atoms with E-state index in [0.717, 1.165) is 22.3 Å². The summed E-state index contributed by atoms with van der Waals surface area (Å²) >= 11 is 0. The Morgan fingerprint density at radius 1 is 0.932 bits per heavy atom. The van der Waals surface area contributed by atoms with Crippen molar-refractivity contribution in [3.05, 3.63) is 58.2 Å². The van der Waals surface area contributed by atoms with E-state index in [4.69, 9.17) is 0 Å². The second-order valence-electron chi connectivity index (χ2n) is 13.4. The molecule has 1 saturated heterocycles. The van der Waals surface area contributed by atoms with E-state index in [0.29, 0.717) is 44.6 Å². The van der Waals surface area contributed by atoms with Gasteiger partial charge in [0.15, 0.2) is 5.78 Å². The third-order valence-electron chi connectivity index (χ3n) is 11.4. The molecule has 2 saturated carbocycles. The summed E-state index contributed by atoms with van der Waals surface area (Å²) < 4.78 is 70.2. The van der Waals surface area contributed by atoms with Crippen LogP contribution in [0.15, 0.2) is 47.1 Å². The molecule has 1 aromatic rings. The Morgan fingerprint density at radius 3 is 2.18 bits per heavy atom. The summed E-state index contributed by atoms with van der Waals surface area (Å²) in [6.45, 7) is 4.72. The van der Waals surface area contributed by atoms with Gasteiger partial charge in [0, 0.05) is 56.4 Å². The zero-order valence-corrected chi connectivity index (χ0v) is 24.9. The minimum atomic E-state index is -5.86. The normalized spacial score (nSPS) is 32.6. The fourth-order valence-electron chi connectivity index (χ4n) is 8.95. The topological polar surface area (TPSA) is 77.9 Å². The Bertz CT molecular complexity index is 1440. The number of aliphatic hydroxyl groups is 1. The lowest BCUT2D eigenvalue weighted by molar-refractivity contribution is -0.362. The first-order valence-corrected chi connectivity index (χ1v) is 15.4. The number of nitrogens with zero attached hydrogens (tertiary/aromatic N) is 2. The van der Waals surface area contributed by atoms with Gasteiger partial charge in [0.1, 0.15) is 5.60 Å². The van der Waals surface area contributed by atoms with Crippen molar-refractivity contribution in [3.8, 4) is 0 Å². The van der Waals surface area contributed by atoms with Crippen molar-refractivity contribution in [2.24, 2.45) is 17.3 Å². The van der Waals surface area contributed by atoms with E-state index in [-0.39, 0.29) is 55.1 Å². The fourth-order valence-corrected chi connectivity index (χ4v) is 8.95. The number of carbonyl (C=O) groups is 3. The number of rotatable bonds is 3. The lowest BCUT2D eigenvalue weighted by Crippen LogP contribution is -2.64. The van der Waals surface area contributed by atoms with Gasteiger partial charge >= 0.3 is 12.1 Å². The molecule has 6 rings (SSSR count). The Kier molecular flexibility index (Phi) is 7.37. The molecule has 1 N–H and O–H groups in total. The fraction of sp³-hybridized carbons (Fsp3) is 0.606. The van der Waals surface area contributed by atoms with Crippen LogP contribution in [0.25, 0.3) is 0 Å². The van der Waals surface area contributed by atoms with Crippen molar-refractivity contribution < 1.29 is 41.4 Å². The van der Waals surface area contributed by atoms with E-state index in [2.05, 4.69) is 0 Å². The van der Waals surface area contributed by atoms with Gasteiger partial charge in [-0.1, -0.05) is 24.6 Å². The number of fused-ring (bicyclic) bond motifs is 4. The first-order valence-electron chi connectivity index (χ1n) is 15.4. The lowest BCUT2D eigenvalue weighted by atomic mass is 9.53. The van der Waals surface area contributed by atoms with E-state index in [9.17, 15) is 41.4 Å². The number of carbonyl (C=O) groups excluding carboxylic acids is 3. The molecule has 1 aliphatic heterocycles. The van der Waals surface area contributed by atoms with Crippen LogP contribution in [-0.2, 0) is 9.59 Å². The number of benzene rings is 1. The van der Waals surface area contributed by atoms with Crippen LogP contribution >= 0.6 is 0 Å². The molecule has 0 spiro atoms. The molecule has 5 atom stereocenters. The van der Waals surface area contributed by atoms with Gasteiger partial charge in [-0.2, -0.15) is 22.0 Å². The Hall–Kier alpha value is -3.08. The minimum absolute atomic E-state index is 0.00650. The number of amides is 2. The second-order valence-corrected chi connectivity index (χ2v) is 13.4. The number of halogens is 5. The summed E-state index contributed by atoms with van der Waals surface area (Å²) in [6.07, 6.45) is -3.26. The molecular formula is C33H37F5N2O4. The third-order valence-corrected chi connectivity index (χ3v) is 11.4. The minimum Gasteiger partial charge on any atom is -0.383 e. The highest BCUT2D eigenvalue weighted by Gasteiger charge is 2.78. The molecule has 3 fully saturated rings. The first kappa shape index (κ1) is 30.9. The van der Waals surface area contributed by atoms with E-state index in [1.807, 2.05) is 12.1 Å². The van der Waals surface area contributed by atoms with Gasteiger partial charge in [-0.3, -0.25) is 14.4 Å². The standard InChI is InChI=1S/C33H37F5N2O4/c1-19(41)39-13-15-40(16-14-39)29(43)21-5-3-20(4-6-21)26-18-23(42)17-22-7-8-24-25(28(22)26)9-11-30(2)27(24)10-12-31(30,44)32(34,35)33(36,37)38/h3-6,17,24,26-27,44H,7-16,18H2,1-2H3/t24-,26?,27+,30+,31?/m1/s1. The largest absolute Gasteiger partial charge is 0.456 e. The molecular weight excluding hydrogens is 583 g/mol. The summed E-state index contributed by atoms with van der Waals surface area (Å²) in [5.41, 5.74) is -0.598. The van der Waals surface area contributed by atoms with Crippen LogP contribution in [0.1, 0.15) is 80.6 Å². The molecule has 2 unspecified atom stereocenters. The van der Waals surface area contributed by atoms with Crippen LogP contribution in [0.2, 0.25) is 0 Å². The number of hydrogen-bond donors (Lipinski definition) is 1. The van der Waals surface area contributed by atoms with Gasteiger partial charge in [0.2, 0.25) is 5.91 Å². The Balaban J connectivity index is 1.28. The predicted octanol–water partition coefficient (Wildman–Crippen LogP) is 5.82. The summed E-state index contributed by atoms with van der Waals surface area (Å²) in [4.78, 5) is 41.0. The molecule has 6 nitrogen and oxygen atoms in total. The van der Waals surface area contributed by atoms with Crippen molar-refractivity contribution in [2.45, 2.75) is 82.4 Å². The molecule has 11 heteroatoms. The molecule has 0 radical (unpaired) electrons. The van der Waals surface area contributed by atoms with E-state index < -0.39 is 35.5 Å². The van der Waals surface area contributed by atoms with Crippen LogP contribution in [-0.4, -0.2) is 76.4 Å². The monoisotopic (exact) mass is 620 g/mol. The predicted molar refractivity (Wildman–Crippen MR) is 151 cm³/mol. The van der Waals surface area contributed by atoms with Crippen molar-refractivity contribution >= 4 is 17.6 Å². The molecule has 2 amide bonds. The van der Waals surface area contributed by atoms with Crippen LogP contribution < -0.4 is 0 Å². The quantitative estimate of drug-likeness (QED) is 0.433. The van der Waals surface area contributed by atoms with Crippen molar-refractivity contribution in [1.29, 1.82) is 0 Å². The van der Waals surface area contributed by atoms with Crippen LogP contribution in [0.3, 0.4) is 0 Å². The van der Waals surface area contributed by atoms with Crippen molar-refractivity contribution in [2.75, 3.05) is 26.2 Å². The van der Waals surface area contributed by atoms with Crippen molar-refractivity contribution in [3.63, 3.8) is 0 Å². The summed E-state index contributed by atoms with van der Waals surface area (Å²) in [5, 5.41) is 11.1. The molecule has 0 bridgehead atoms. The SMILES string of the molecule is CC(=O)N1CCN(C(=O)c2ccc(C3CC(=O)C=C4CC[C@@H]5C(=C43)CC[C@@]3(C)[C@H]5CCC3(O)C(F)(F)C(F)(F)F)cc2)CC1. The van der Waals surface area contributed by atoms with E-state index >= 15 is 0 Å². The highest BCUT2D eigenvalue weighted by molar-refractivity contribution is 5.95. The number of hydrogen-bond acceptors (Lipinski definition) is 4. The maximum absolute atomic E-state index is 14.8. The van der Waals surface area contributed by atoms with Crippen LogP contribution in [0.5, 0.6) is 0 Å². The molecule has 0 aromatic heterocycles. The maximum atomic E-state index is 14.8. The molecule has 1 heterocycles. The highest BCUT2D eigenvalue weighted by Crippen LogP contribution is 2.68. The average molecular weight is 621 g/mol. The Labute approximate surface area is 253 Å². The van der Waals surface area contributed by atoms with Crippen molar-refractivity contribution in [1.82, 2.24) is 9.80 Å². The van der Waals surface area contributed by atoms with Gasteiger partial charge in [-0.05, 0) is 85.3 Å².